The molecule has 0 radical (unpaired) electrons. The molecule has 1 aliphatic rings. The van der Waals surface area contributed by atoms with Gasteiger partial charge in [0.05, 0.1) is 18.7 Å². The molecule has 0 saturated carbocycles. The third-order valence-corrected chi connectivity index (χ3v) is 4.21. The fraction of sp³-hybridized carbons (Fsp3) is 0.316. The monoisotopic (exact) mass is 401 g/mol. The zero-order chi connectivity index (χ0) is 20.6. The van der Waals surface area contributed by atoms with Crippen LogP contribution in [0.3, 0.4) is 0 Å². The minimum absolute atomic E-state index is 0.0659. The van der Waals surface area contributed by atoms with Crippen molar-refractivity contribution in [2.75, 3.05) is 11.9 Å². The van der Waals surface area contributed by atoms with Gasteiger partial charge in [-0.25, -0.2) is 22.0 Å². The van der Waals surface area contributed by atoms with Gasteiger partial charge in [0.15, 0.2) is 23.3 Å². The molecule has 150 valence electrons. The van der Waals surface area contributed by atoms with Crippen molar-refractivity contribution in [2.24, 2.45) is 0 Å². The molecule has 1 heterocycles. The molecular formula is C19H16F5NO3. The molecule has 28 heavy (non-hydrogen) atoms. The quantitative estimate of drug-likeness (QED) is 0.462. The maximum absolute atomic E-state index is 13.8. The molecule has 0 spiro atoms. The molecule has 2 aromatic rings. The summed E-state index contributed by atoms with van der Waals surface area (Å²) in [5.74, 6) is -10.7. The van der Waals surface area contributed by atoms with Crippen LogP contribution in [0.15, 0.2) is 12.1 Å². The Hall–Kier alpha value is -2.84. The van der Waals surface area contributed by atoms with Gasteiger partial charge < -0.3 is 14.8 Å². The molecule has 0 aromatic heterocycles. The highest BCUT2D eigenvalue weighted by Crippen LogP contribution is 2.38. The molecule has 1 unspecified atom stereocenters. The molecule has 0 fully saturated rings. The molecule has 1 amide bonds. The van der Waals surface area contributed by atoms with Crippen molar-refractivity contribution in [1.82, 2.24) is 0 Å². The molecule has 9 heteroatoms. The number of carbonyl (C=O) groups is 1. The Kier molecular flexibility index (Phi) is 5.44. The Labute approximate surface area is 157 Å². The van der Waals surface area contributed by atoms with E-state index < -0.39 is 47.0 Å². The predicted molar refractivity (Wildman–Crippen MR) is 90.0 cm³/mol. The van der Waals surface area contributed by atoms with Gasteiger partial charge >= 0.3 is 0 Å². The van der Waals surface area contributed by atoms with E-state index in [1.165, 1.54) is 6.07 Å². The van der Waals surface area contributed by atoms with Crippen LogP contribution in [0.1, 0.15) is 25.0 Å². The van der Waals surface area contributed by atoms with Gasteiger partial charge in [0.25, 0.3) is 0 Å². The summed E-state index contributed by atoms with van der Waals surface area (Å²) in [6, 6.07) is 3.18. The van der Waals surface area contributed by atoms with E-state index in [0.29, 0.717) is 17.9 Å². The van der Waals surface area contributed by atoms with Crippen LogP contribution in [0.2, 0.25) is 0 Å². The van der Waals surface area contributed by atoms with Crippen LogP contribution in [0.25, 0.3) is 0 Å². The van der Waals surface area contributed by atoms with Crippen LogP contribution in [0, 0.1) is 29.1 Å². The minimum Gasteiger partial charge on any atom is -0.492 e. The Morgan fingerprint density at radius 3 is 2.32 bits per heavy atom. The topological polar surface area (TPSA) is 47.6 Å². The number of amides is 1. The molecule has 1 atom stereocenters. The van der Waals surface area contributed by atoms with Crippen LogP contribution >= 0.6 is 0 Å². The number of fused-ring (bicyclic) bond motifs is 1. The molecule has 4 nitrogen and oxygen atoms in total. The van der Waals surface area contributed by atoms with Gasteiger partial charge in [-0.1, -0.05) is 0 Å². The highest BCUT2D eigenvalue weighted by atomic mass is 19.2. The number of rotatable bonds is 5. The third kappa shape index (κ3) is 3.61. The number of hydrogen-bond donors (Lipinski definition) is 1. The highest BCUT2D eigenvalue weighted by Gasteiger charge is 2.28. The second kappa shape index (κ2) is 7.65. The van der Waals surface area contributed by atoms with Crippen molar-refractivity contribution in [3.63, 3.8) is 0 Å². The molecule has 3 rings (SSSR count). The lowest BCUT2D eigenvalue weighted by molar-refractivity contribution is -0.115. The summed E-state index contributed by atoms with van der Waals surface area (Å²) in [4.78, 5) is 12.2. The minimum atomic E-state index is -2.28. The highest BCUT2D eigenvalue weighted by molar-refractivity contribution is 5.94. The van der Waals surface area contributed by atoms with Crippen LogP contribution in [0.5, 0.6) is 11.5 Å². The first-order chi connectivity index (χ1) is 13.2. The van der Waals surface area contributed by atoms with Gasteiger partial charge in [0, 0.05) is 23.6 Å². The number of hydrogen-bond acceptors (Lipinski definition) is 3. The lowest BCUT2D eigenvalue weighted by Gasteiger charge is -2.14. The smallest absolute Gasteiger partial charge is 0.229 e. The summed E-state index contributed by atoms with van der Waals surface area (Å²) in [6.45, 7) is 3.88. The lowest BCUT2D eigenvalue weighted by Crippen LogP contribution is -2.19. The van der Waals surface area contributed by atoms with Crippen LogP contribution in [-0.2, 0) is 17.6 Å². The second-order valence-electron chi connectivity index (χ2n) is 6.30. The average Bonchev–Trinajstić information content (AvgIpc) is 3.01. The van der Waals surface area contributed by atoms with Crippen molar-refractivity contribution in [3.05, 3.63) is 52.3 Å². The maximum atomic E-state index is 13.8. The van der Waals surface area contributed by atoms with Crippen LogP contribution < -0.4 is 14.8 Å². The van der Waals surface area contributed by atoms with Gasteiger partial charge in [-0.05, 0) is 19.9 Å². The van der Waals surface area contributed by atoms with E-state index in [4.69, 9.17) is 9.47 Å². The zero-order valence-electron chi connectivity index (χ0n) is 15.0. The number of anilines is 1. The SMILES string of the molecule is CCOc1cc2c(cc1NC(=O)Cc1c(F)c(F)c(F)c(F)c1F)OC(C)C2. The molecule has 2 aromatic carbocycles. The third-order valence-electron chi connectivity index (χ3n) is 4.21. The van der Waals surface area contributed by atoms with E-state index in [0.717, 1.165) is 5.56 Å². The van der Waals surface area contributed by atoms with Crippen molar-refractivity contribution in [1.29, 1.82) is 0 Å². The fourth-order valence-corrected chi connectivity index (χ4v) is 2.97. The summed E-state index contributed by atoms with van der Waals surface area (Å²) < 4.78 is 78.3. The van der Waals surface area contributed by atoms with E-state index in [1.54, 1.807) is 13.0 Å². The number of carbonyl (C=O) groups excluding carboxylic acids is 1. The van der Waals surface area contributed by atoms with Crippen molar-refractivity contribution >= 4 is 11.6 Å². The Bertz CT molecular complexity index is 919. The zero-order valence-corrected chi connectivity index (χ0v) is 15.0. The predicted octanol–water partition coefficient (Wildman–Crippen LogP) is 4.29. The van der Waals surface area contributed by atoms with Gasteiger partial charge in [0.2, 0.25) is 11.7 Å². The molecular weight excluding hydrogens is 385 g/mol. The van der Waals surface area contributed by atoms with Crippen molar-refractivity contribution in [3.8, 4) is 11.5 Å². The van der Waals surface area contributed by atoms with Crippen molar-refractivity contribution in [2.45, 2.75) is 32.8 Å². The molecule has 0 aliphatic carbocycles. The fourth-order valence-electron chi connectivity index (χ4n) is 2.97. The Morgan fingerprint density at radius 1 is 1.11 bits per heavy atom. The first kappa shape index (κ1) is 19.9. The first-order valence-corrected chi connectivity index (χ1v) is 8.49. The summed E-state index contributed by atoms with van der Waals surface area (Å²) in [7, 11) is 0. The average molecular weight is 401 g/mol. The van der Waals surface area contributed by atoms with E-state index >= 15 is 0 Å². The molecule has 1 aliphatic heterocycles. The number of benzene rings is 2. The molecule has 1 N–H and O–H groups in total. The summed E-state index contributed by atoms with van der Waals surface area (Å²) >= 11 is 0. The Balaban J connectivity index is 1.88. The van der Waals surface area contributed by atoms with E-state index in [-0.39, 0.29) is 18.4 Å². The van der Waals surface area contributed by atoms with Gasteiger partial charge in [-0.15, -0.1) is 0 Å². The van der Waals surface area contributed by atoms with Crippen LogP contribution in [-0.4, -0.2) is 18.6 Å². The largest absolute Gasteiger partial charge is 0.492 e. The van der Waals surface area contributed by atoms with Crippen LogP contribution in [0.4, 0.5) is 27.6 Å². The second-order valence-corrected chi connectivity index (χ2v) is 6.30. The number of ether oxygens (including phenoxy) is 2. The van der Waals surface area contributed by atoms with E-state index in [1.807, 2.05) is 6.92 Å². The lowest BCUT2D eigenvalue weighted by atomic mass is 10.1. The van der Waals surface area contributed by atoms with Gasteiger partial charge in [-0.2, -0.15) is 0 Å². The maximum Gasteiger partial charge on any atom is 0.229 e. The number of nitrogens with one attached hydrogen (secondary N) is 1. The van der Waals surface area contributed by atoms with E-state index in [2.05, 4.69) is 5.32 Å². The Morgan fingerprint density at radius 2 is 1.71 bits per heavy atom. The summed E-state index contributed by atoms with van der Waals surface area (Å²) in [5.41, 5.74) is -0.171. The summed E-state index contributed by atoms with van der Waals surface area (Å²) in [5, 5.41) is 2.38. The standard InChI is InChI=1S/C19H16F5NO3/c1-3-27-13-5-9-4-8(2)28-12(9)7-11(13)25-14(26)6-10-15(20)17(22)19(24)18(23)16(10)21/h5,7-8H,3-4,6H2,1-2H3,(H,25,26). The van der Waals surface area contributed by atoms with Gasteiger partial charge in [0.1, 0.15) is 17.6 Å². The van der Waals surface area contributed by atoms with Gasteiger partial charge in [-0.3, -0.25) is 4.79 Å². The molecule has 0 bridgehead atoms. The van der Waals surface area contributed by atoms with Crippen molar-refractivity contribution < 1.29 is 36.2 Å². The number of halogens is 5. The molecule has 0 saturated heterocycles. The summed E-state index contributed by atoms with van der Waals surface area (Å²) in [6.07, 6.45) is -0.469. The first-order valence-electron chi connectivity index (χ1n) is 8.49. The normalized spacial score (nSPS) is 15.2. The van der Waals surface area contributed by atoms with E-state index in [9.17, 15) is 26.7 Å².